The number of nitrogens with one attached hydrogen (secondary N) is 2. The Labute approximate surface area is 192 Å². The van der Waals surface area contributed by atoms with Crippen LogP contribution in [-0.2, 0) is 25.2 Å². The molecule has 0 aromatic heterocycles. The maximum absolute atomic E-state index is 13.1. The minimum absolute atomic E-state index is 0.0815. The highest BCUT2D eigenvalue weighted by Crippen LogP contribution is 2.25. The highest BCUT2D eigenvalue weighted by atomic mass is 32.2. The van der Waals surface area contributed by atoms with Gasteiger partial charge >= 0.3 is 0 Å². The van der Waals surface area contributed by atoms with Gasteiger partial charge in [-0.2, -0.15) is 0 Å². The molecule has 7 nitrogen and oxygen atoms in total. The highest BCUT2D eigenvalue weighted by molar-refractivity contribution is 7.86. The summed E-state index contributed by atoms with van der Waals surface area (Å²) in [6.07, 6.45) is 4.65. The highest BCUT2D eigenvalue weighted by Gasteiger charge is 2.34. The van der Waals surface area contributed by atoms with Crippen LogP contribution in [0.1, 0.15) is 59.8 Å². The molecule has 0 saturated heterocycles. The molecule has 2 N–H and O–H groups in total. The molecule has 1 aromatic rings. The number of benzene rings is 1. The molecule has 0 unspecified atom stereocenters. The molecule has 1 saturated carbocycles. The first-order chi connectivity index (χ1) is 15.0. The molecule has 1 aliphatic carbocycles. The zero-order valence-electron chi connectivity index (χ0n) is 19.3. The number of hydrogen-bond acceptors (Lipinski definition) is 4. The SMILES string of the molecule is C[C@@H](C(=O)NC(C)(C)C)N(C(=O)C[S@](=O)CC(=O)Nc1ccc(F)cc1)C1CCCCC1. The Bertz CT molecular complexity index is 833. The number of carbonyl (C=O) groups excluding carboxylic acids is 3. The Kier molecular flexibility index (Phi) is 9.36. The Morgan fingerprint density at radius 2 is 1.69 bits per heavy atom. The zero-order valence-corrected chi connectivity index (χ0v) is 20.1. The van der Waals surface area contributed by atoms with E-state index in [9.17, 15) is 23.0 Å². The predicted molar refractivity (Wildman–Crippen MR) is 124 cm³/mol. The molecule has 178 valence electrons. The summed E-state index contributed by atoms with van der Waals surface area (Å²) in [4.78, 5) is 39.6. The van der Waals surface area contributed by atoms with Crippen molar-refractivity contribution < 1.29 is 23.0 Å². The van der Waals surface area contributed by atoms with Gasteiger partial charge in [-0.25, -0.2) is 4.39 Å². The van der Waals surface area contributed by atoms with Crippen LogP contribution in [0.2, 0.25) is 0 Å². The monoisotopic (exact) mass is 467 g/mol. The van der Waals surface area contributed by atoms with Crippen LogP contribution in [-0.4, -0.2) is 56.0 Å². The van der Waals surface area contributed by atoms with Crippen LogP contribution in [0.5, 0.6) is 0 Å². The van der Waals surface area contributed by atoms with E-state index in [1.54, 1.807) is 11.8 Å². The second-order valence-corrected chi connectivity index (χ2v) is 10.7. The molecule has 1 aliphatic rings. The first-order valence-electron chi connectivity index (χ1n) is 11.0. The van der Waals surface area contributed by atoms with E-state index in [1.807, 2.05) is 20.8 Å². The van der Waals surface area contributed by atoms with Crippen molar-refractivity contribution in [3.05, 3.63) is 30.1 Å². The number of nitrogens with zero attached hydrogens (tertiary/aromatic N) is 1. The molecular formula is C23H34FN3O4S. The average Bonchev–Trinajstić information content (AvgIpc) is 2.69. The fraction of sp³-hybridized carbons (Fsp3) is 0.609. The van der Waals surface area contributed by atoms with Crippen molar-refractivity contribution in [1.82, 2.24) is 10.2 Å². The van der Waals surface area contributed by atoms with Crippen LogP contribution in [0.25, 0.3) is 0 Å². The van der Waals surface area contributed by atoms with Gasteiger partial charge in [0.2, 0.25) is 17.7 Å². The van der Waals surface area contributed by atoms with E-state index in [1.165, 1.54) is 24.3 Å². The Morgan fingerprint density at radius 3 is 2.25 bits per heavy atom. The minimum atomic E-state index is -1.74. The number of anilines is 1. The van der Waals surface area contributed by atoms with Crippen LogP contribution in [0.4, 0.5) is 10.1 Å². The first-order valence-corrected chi connectivity index (χ1v) is 12.5. The van der Waals surface area contributed by atoms with E-state index in [0.29, 0.717) is 5.69 Å². The van der Waals surface area contributed by atoms with Gasteiger partial charge in [-0.3, -0.25) is 18.6 Å². The van der Waals surface area contributed by atoms with E-state index in [-0.39, 0.29) is 29.4 Å². The molecular weight excluding hydrogens is 433 g/mol. The lowest BCUT2D eigenvalue weighted by Crippen LogP contribution is -2.56. The molecule has 0 aliphatic heterocycles. The summed E-state index contributed by atoms with van der Waals surface area (Å²) in [5, 5.41) is 5.46. The molecule has 32 heavy (non-hydrogen) atoms. The smallest absolute Gasteiger partial charge is 0.242 e. The fourth-order valence-corrected chi connectivity index (χ4v) is 4.73. The third-order valence-electron chi connectivity index (χ3n) is 5.26. The number of carbonyl (C=O) groups is 3. The predicted octanol–water partition coefficient (Wildman–Crippen LogP) is 2.98. The standard InChI is InChI=1S/C23H34FN3O4S/c1-16(22(30)26-23(2,3)4)27(19-8-6-5-7-9-19)21(29)15-32(31)14-20(28)25-18-12-10-17(24)11-13-18/h10-13,16,19H,5-9,14-15H2,1-4H3,(H,25,28)(H,26,30)/t16-,32+/m0/s1. The van der Waals surface area contributed by atoms with Crippen LogP contribution >= 0.6 is 0 Å². The van der Waals surface area contributed by atoms with Crippen molar-refractivity contribution in [3.63, 3.8) is 0 Å². The molecule has 0 spiro atoms. The van der Waals surface area contributed by atoms with E-state index < -0.39 is 34.1 Å². The number of hydrogen-bond donors (Lipinski definition) is 2. The second kappa shape index (κ2) is 11.5. The van der Waals surface area contributed by atoms with Crippen LogP contribution in [0, 0.1) is 5.82 Å². The van der Waals surface area contributed by atoms with Gasteiger partial charge in [0, 0.05) is 28.1 Å². The van der Waals surface area contributed by atoms with Crippen molar-refractivity contribution in [2.24, 2.45) is 0 Å². The summed E-state index contributed by atoms with van der Waals surface area (Å²) in [7, 11) is -1.74. The van der Waals surface area contributed by atoms with Gasteiger partial charge in [0.25, 0.3) is 0 Å². The quantitative estimate of drug-likeness (QED) is 0.614. The van der Waals surface area contributed by atoms with Crippen molar-refractivity contribution in [1.29, 1.82) is 0 Å². The summed E-state index contributed by atoms with van der Waals surface area (Å²) in [5.74, 6) is -2.28. The lowest BCUT2D eigenvalue weighted by Gasteiger charge is -2.39. The zero-order chi connectivity index (χ0) is 23.9. The molecule has 2 atom stereocenters. The summed E-state index contributed by atoms with van der Waals surface area (Å²) in [6, 6.07) is 4.45. The number of amides is 3. The number of rotatable bonds is 8. The van der Waals surface area contributed by atoms with Gasteiger partial charge in [-0.05, 0) is 64.8 Å². The second-order valence-electron chi connectivity index (χ2n) is 9.29. The fourth-order valence-electron chi connectivity index (χ4n) is 3.84. The Balaban J connectivity index is 2.02. The molecule has 0 radical (unpaired) electrons. The van der Waals surface area contributed by atoms with Gasteiger partial charge in [-0.1, -0.05) is 19.3 Å². The molecule has 0 heterocycles. The van der Waals surface area contributed by atoms with E-state index in [4.69, 9.17) is 0 Å². The van der Waals surface area contributed by atoms with Crippen LogP contribution in [0.3, 0.4) is 0 Å². The third kappa shape index (κ3) is 8.33. The first kappa shape index (κ1) is 26.0. The van der Waals surface area contributed by atoms with Gasteiger partial charge < -0.3 is 15.5 Å². The van der Waals surface area contributed by atoms with Crippen LogP contribution in [0.15, 0.2) is 24.3 Å². The number of halogens is 1. The Hall–Kier alpha value is -2.29. The summed E-state index contributed by atoms with van der Waals surface area (Å²) in [5.41, 5.74) is -0.0514. The molecule has 0 bridgehead atoms. The van der Waals surface area contributed by atoms with Crippen molar-refractivity contribution in [2.75, 3.05) is 16.8 Å². The van der Waals surface area contributed by atoms with E-state index in [0.717, 1.165) is 32.1 Å². The van der Waals surface area contributed by atoms with E-state index >= 15 is 0 Å². The van der Waals surface area contributed by atoms with Crippen molar-refractivity contribution >= 4 is 34.2 Å². The largest absolute Gasteiger partial charge is 0.350 e. The van der Waals surface area contributed by atoms with Crippen molar-refractivity contribution in [2.45, 2.75) is 77.4 Å². The molecule has 1 aromatic carbocycles. The lowest BCUT2D eigenvalue weighted by atomic mass is 9.93. The summed E-state index contributed by atoms with van der Waals surface area (Å²) in [6.45, 7) is 7.31. The van der Waals surface area contributed by atoms with Gasteiger partial charge in [0.15, 0.2) is 0 Å². The van der Waals surface area contributed by atoms with Crippen molar-refractivity contribution in [3.8, 4) is 0 Å². The maximum Gasteiger partial charge on any atom is 0.242 e. The topological polar surface area (TPSA) is 95.6 Å². The summed E-state index contributed by atoms with van der Waals surface area (Å²) < 4.78 is 25.5. The third-order valence-corrected chi connectivity index (χ3v) is 6.41. The maximum atomic E-state index is 13.1. The van der Waals surface area contributed by atoms with Gasteiger partial charge in [0.1, 0.15) is 23.4 Å². The average molecular weight is 468 g/mol. The van der Waals surface area contributed by atoms with Gasteiger partial charge in [-0.15, -0.1) is 0 Å². The molecule has 2 rings (SSSR count). The van der Waals surface area contributed by atoms with Crippen LogP contribution < -0.4 is 10.6 Å². The Morgan fingerprint density at radius 1 is 1.09 bits per heavy atom. The van der Waals surface area contributed by atoms with Gasteiger partial charge in [0.05, 0.1) is 0 Å². The summed E-state index contributed by atoms with van der Waals surface area (Å²) >= 11 is 0. The normalized spacial score (nSPS) is 16.7. The lowest BCUT2D eigenvalue weighted by molar-refractivity contribution is -0.142. The molecule has 1 fully saturated rings. The van der Waals surface area contributed by atoms with E-state index in [2.05, 4.69) is 10.6 Å². The molecule has 9 heteroatoms. The molecule has 3 amide bonds. The minimum Gasteiger partial charge on any atom is -0.350 e.